The minimum atomic E-state index is -0.659. The van der Waals surface area contributed by atoms with E-state index in [0.29, 0.717) is 50.7 Å². The maximum atomic E-state index is 13.8. The number of hydrogen-bond acceptors (Lipinski definition) is 9. The number of thioether (sulfide) groups is 1. The van der Waals surface area contributed by atoms with Gasteiger partial charge in [0, 0.05) is 66.7 Å². The average molecular weight is 720 g/mol. The van der Waals surface area contributed by atoms with Crippen LogP contribution in [0.4, 0.5) is 5.69 Å². The van der Waals surface area contributed by atoms with Gasteiger partial charge in [-0.25, -0.2) is 14.6 Å². The number of nitrogens with one attached hydrogen (secondary N) is 2. The van der Waals surface area contributed by atoms with Crippen molar-refractivity contribution in [2.45, 2.75) is 57.4 Å². The highest BCUT2D eigenvalue weighted by Gasteiger charge is 2.44. The van der Waals surface area contributed by atoms with E-state index >= 15 is 0 Å². The second-order valence-electron chi connectivity index (χ2n) is 14.0. The van der Waals surface area contributed by atoms with E-state index in [1.165, 1.54) is 5.57 Å². The van der Waals surface area contributed by atoms with Gasteiger partial charge >= 0.3 is 0 Å². The Morgan fingerprint density at radius 1 is 1.00 bits per heavy atom. The number of H-pyrrole nitrogens is 1. The highest BCUT2D eigenvalue weighted by Crippen LogP contribution is 2.36. The van der Waals surface area contributed by atoms with Crippen molar-refractivity contribution in [2.24, 2.45) is 0 Å². The molecule has 7 rings (SSSR count). The molecule has 1 fully saturated rings. The molecular formula is C39H45N9O3S. The van der Waals surface area contributed by atoms with Gasteiger partial charge in [-0.2, -0.15) is 10.2 Å². The lowest BCUT2D eigenvalue weighted by Crippen LogP contribution is -2.45. The zero-order valence-corrected chi connectivity index (χ0v) is 31.1. The van der Waals surface area contributed by atoms with Gasteiger partial charge < -0.3 is 15.0 Å². The second kappa shape index (κ2) is 14.9. The topological polar surface area (TPSA) is 134 Å². The standard InChI is InChI=1S/C39H45N9O3S/c1-25(2)48-24-41-37(45-48)29-8-6-27(7-9-29)28-14-17-47(18-15-28)35(49)22-46-19-16-39(23-46,52-5)38(50)42-31-11-12-33-32(20-31)36(44-43-33)30-10-13-34(40-21-30)51-26(3)4/h6-14,20-21,24-26H,15-19,22-23H2,1-5H3,(H,42,50)(H,43,44)/t39-/m0/s1. The number of fused-ring (bicyclic) bond motifs is 1. The van der Waals surface area contributed by atoms with Gasteiger partial charge in [-0.05, 0) is 82.2 Å². The number of aromatic amines is 1. The number of anilines is 1. The van der Waals surface area contributed by atoms with E-state index in [1.807, 2.05) is 60.0 Å². The van der Waals surface area contributed by atoms with Crippen LogP contribution < -0.4 is 10.1 Å². The first kappa shape index (κ1) is 35.4. The van der Waals surface area contributed by atoms with Crippen LogP contribution in [-0.4, -0.2) is 101 Å². The molecule has 2 aromatic carbocycles. The number of benzene rings is 2. The van der Waals surface area contributed by atoms with Gasteiger partial charge in [0.25, 0.3) is 0 Å². The Morgan fingerprint density at radius 2 is 1.79 bits per heavy atom. The zero-order chi connectivity index (χ0) is 36.4. The van der Waals surface area contributed by atoms with E-state index in [4.69, 9.17) is 4.74 Å². The second-order valence-corrected chi connectivity index (χ2v) is 15.2. The van der Waals surface area contributed by atoms with Gasteiger partial charge in [0.1, 0.15) is 16.8 Å². The molecule has 2 aliphatic heterocycles. The number of carbonyl (C=O) groups is 2. The maximum absolute atomic E-state index is 13.8. The first-order chi connectivity index (χ1) is 25.1. The summed E-state index contributed by atoms with van der Waals surface area (Å²) >= 11 is 1.55. The highest BCUT2D eigenvalue weighted by molar-refractivity contribution is 8.00. The molecule has 0 aliphatic carbocycles. The summed E-state index contributed by atoms with van der Waals surface area (Å²) < 4.78 is 6.89. The van der Waals surface area contributed by atoms with Crippen LogP contribution in [-0.2, 0) is 9.59 Å². The van der Waals surface area contributed by atoms with Crippen molar-refractivity contribution in [2.75, 3.05) is 44.3 Å². The molecule has 270 valence electrons. The molecule has 0 saturated carbocycles. The van der Waals surface area contributed by atoms with E-state index in [2.05, 4.69) is 79.7 Å². The molecule has 5 aromatic rings. The normalized spacial score (nSPS) is 18.0. The largest absolute Gasteiger partial charge is 0.475 e. The predicted molar refractivity (Wildman–Crippen MR) is 206 cm³/mol. The van der Waals surface area contributed by atoms with Crippen molar-refractivity contribution in [3.05, 3.63) is 78.8 Å². The van der Waals surface area contributed by atoms with Crippen LogP contribution in [0.5, 0.6) is 5.88 Å². The van der Waals surface area contributed by atoms with E-state index in [9.17, 15) is 9.59 Å². The summed E-state index contributed by atoms with van der Waals surface area (Å²) in [5.74, 6) is 1.31. The van der Waals surface area contributed by atoms with Gasteiger partial charge in [0.2, 0.25) is 17.7 Å². The fourth-order valence-electron chi connectivity index (χ4n) is 6.76. The molecule has 1 saturated heterocycles. The van der Waals surface area contributed by atoms with Crippen molar-refractivity contribution < 1.29 is 14.3 Å². The number of aromatic nitrogens is 6. The molecule has 0 bridgehead atoms. The fraction of sp³-hybridized carbons (Fsp3) is 0.385. The number of hydrogen-bond donors (Lipinski definition) is 2. The average Bonchev–Trinajstić information content (AvgIpc) is 3.91. The summed E-state index contributed by atoms with van der Waals surface area (Å²) in [5.41, 5.74) is 6.53. The third kappa shape index (κ3) is 7.47. The molecule has 13 heteroatoms. The summed E-state index contributed by atoms with van der Waals surface area (Å²) in [4.78, 5) is 40.2. The van der Waals surface area contributed by atoms with Crippen LogP contribution in [0, 0.1) is 0 Å². The molecule has 2 amide bonds. The van der Waals surface area contributed by atoms with Gasteiger partial charge in [-0.15, -0.1) is 11.8 Å². The Kier molecular flexibility index (Phi) is 10.2. The first-order valence-electron chi connectivity index (χ1n) is 17.8. The Hall–Kier alpha value is -5.01. The van der Waals surface area contributed by atoms with Gasteiger partial charge in [0.05, 0.1) is 18.2 Å². The van der Waals surface area contributed by atoms with Crippen LogP contribution >= 0.6 is 11.8 Å². The van der Waals surface area contributed by atoms with Crippen LogP contribution in [0.1, 0.15) is 52.1 Å². The van der Waals surface area contributed by atoms with Crippen molar-refractivity contribution in [3.8, 4) is 28.5 Å². The molecule has 52 heavy (non-hydrogen) atoms. The first-order valence-corrected chi connectivity index (χ1v) is 19.0. The molecule has 2 aliphatic rings. The monoisotopic (exact) mass is 719 g/mol. The maximum Gasteiger partial charge on any atom is 0.241 e. The Morgan fingerprint density at radius 3 is 2.46 bits per heavy atom. The van der Waals surface area contributed by atoms with Gasteiger partial charge in [-0.3, -0.25) is 19.6 Å². The van der Waals surface area contributed by atoms with E-state index in [1.54, 1.807) is 24.3 Å². The van der Waals surface area contributed by atoms with E-state index in [-0.39, 0.29) is 24.0 Å². The summed E-state index contributed by atoms with van der Waals surface area (Å²) in [6.07, 6.45) is 9.13. The van der Waals surface area contributed by atoms with Crippen molar-refractivity contribution in [1.29, 1.82) is 0 Å². The number of amides is 2. The predicted octanol–water partition coefficient (Wildman–Crippen LogP) is 6.31. The Labute approximate surface area is 308 Å². The summed E-state index contributed by atoms with van der Waals surface area (Å²) in [6, 6.07) is 18.1. The number of likely N-dealkylation sites (tertiary alicyclic amines) is 1. The van der Waals surface area contributed by atoms with Crippen LogP contribution in [0.25, 0.3) is 39.1 Å². The third-order valence-electron chi connectivity index (χ3n) is 9.77. The van der Waals surface area contributed by atoms with Crippen LogP contribution in [0.3, 0.4) is 0 Å². The summed E-state index contributed by atoms with van der Waals surface area (Å²) in [7, 11) is 0. The molecule has 0 unspecified atom stereocenters. The molecule has 5 heterocycles. The number of carbonyl (C=O) groups excluding carboxylic acids is 2. The molecule has 12 nitrogen and oxygen atoms in total. The lowest BCUT2D eigenvalue weighted by atomic mass is 9.98. The fourth-order valence-corrected chi connectivity index (χ4v) is 7.61. The van der Waals surface area contributed by atoms with E-state index in [0.717, 1.165) is 45.5 Å². The minimum absolute atomic E-state index is 0.0372. The van der Waals surface area contributed by atoms with Crippen molar-refractivity contribution >= 4 is 45.7 Å². The molecule has 2 N–H and O–H groups in total. The van der Waals surface area contributed by atoms with Crippen LogP contribution in [0.2, 0.25) is 0 Å². The SMILES string of the molecule is CS[C@@]1(C(=O)Nc2ccc3[nH]nc(-c4ccc(OC(C)C)nc4)c3c2)CCN(CC(=O)N2CC=C(c3ccc(-c4ncn(C(C)C)n4)cc3)CC2)C1. The number of nitrogens with zero attached hydrogens (tertiary/aromatic N) is 7. The molecule has 0 radical (unpaired) electrons. The molecular weight excluding hydrogens is 675 g/mol. The lowest BCUT2D eigenvalue weighted by Gasteiger charge is -2.29. The molecule has 0 spiro atoms. The van der Waals surface area contributed by atoms with E-state index < -0.39 is 4.75 Å². The molecule has 3 aromatic heterocycles. The smallest absolute Gasteiger partial charge is 0.241 e. The molecule has 1 atom stereocenters. The van der Waals surface area contributed by atoms with Crippen molar-refractivity contribution in [1.82, 2.24) is 39.7 Å². The quantitative estimate of drug-likeness (QED) is 0.161. The lowest BCUT2D eigenvalue weighted by molar-refractivity contribution is -0.132. The van der Waals surface area contributed by atoms with Gasteiger partial charge in [-0.1, -0.05) is 30.3 Å². The minimum Gasteiger partial charge on any atom is -0.475 e. The number of ether oxygens (including phenoxy) is 1. The highest BCUT2D eigenvalue weighted by atomic mass is 32.2. The summed E-state index contributed by atoms with van der Waals surface area (Å²) in [6.45, 7) is 10.8. The zero-order valence-electron chi connectivity index (χ0n) is 30.3. The Balaban J connectivity index is 0.946. The van der Waals surface area contributed by atoms with Crippen molar-refractivity contribution in [3.63, 3.8) is 0 Å². The van der Waals surface area contributed by atoms with Gasteiger partial charge in [0.15, 0.2) is 5.82 Å². The third-order valence-corrected chi connectivity index (χ3v) is 11.1. The number of rotatable bonds is 11. The number of pyridine rings is 1. The van der Waals surface area contributed by atoms with Crippen LogP contribution in [0.15, 0.2) is 73.2 Å². The summed E-state index contributed by atoms with van der Waals surface area (Å²) in [5, 5.41) is 16.2. The Bertz CT molecular complexity index is 2090.